The number of carbonyl (C=O) groups excluding carboxylic acids is 1. The molecule has 0 radical (unpaired) electrons. The highest BCUT2D eigenvalue weighted by Crippen LogP contribution is 2.42. The van der Waals surface area contributed by atoms with E-state index in [1.807, 2.05) is 0 Å². The van der Waals surface area contributed by atoms with E-state index in [4.69, 9.17) is 4.74 Å². The number of methoxy groups -OCH3 is 1. The van der Waals surface area contributed by atoms with Gasteiger partial charge in [-0.05, 0) is 31.6 Å². The molecule has 2 rings (SSSR count). The molecule has 0 aromatic carbocycles. The van der Waals surface area contributed by atoms with Crippen molar-refractivity contribution in [2.24, 2.45) is 5.92 Å². The second kappa shape index (κ2) is 2.84. The van der Waals surface area contributed by atoms with Crippen molar-refractivity contribution in [3.63, 3.8) is 0 Å². The highest BCUT2D eigenvalue weighted by atomic mass is 16.5. The van der Waals surface area contributed by atoms with Gasteiger partial charge in [-0.15, -0.1) is 0 Å². The summed E-state index contributed by atoms with van der Waals surface area (Å²) in [4.78, 5) is 11.6. The fourth-order valence-electron chi connectivity index (χ4n) is 2.71. The second-order valence-electron chi connectivity index (χ2n) is 4.12. The molecule has 0 heterocycles. The highest BCUT2D eigenvalue weighted by Gasteiger charge is 2.45. The van der Waals surface area contributed by atoms with Gasteiger partial charge in [0.25, 0.3) is 0 Å². The number of carbonyl (C=O) groups is 1. The van der Waals surface area contributed by atoms with E-state index < -0.39 is 0 Å². The van der Waals surface area contributed by atoms with Gasteiger partial charge in [0, 0.05) is 13.5 Å². The van der Waals surface area contributed by atoms with Gasteiger partial charge in [-0.25, -0.2) is 0 Å². The van der Waals surface area contributed by atoms with Crippen molar-refractivity contribution >= 4 is 5.78 Å². The molecule has 2 heteroatoms. The lowest BCUT2D eigenvalue weighted by molar-refractivity contribution is -0.152. The minimum Gasteiger partial charge on any atom is -0.370 e. The maximum Gasteiger partial charge on any atom is 0.164 e. The minimum absolute atomic E-state index is 0.348. The maximum atomic E-state index is 11.6. The van der Waals surface area contributed by atoms with Crippen LogP contribution in [0.25, 0.3) is 0 Å². The zero-order chi connectivity index (χ0) is 8.60. The van der Waals surface area contributed by atoms with E-state index in [2.05, 4.69) is 0 Å². The van der Waals surface area contributed by atoms with Crippen molar-refractivity contribution in [1.82, 2.24) is 0 Å². The summed E-state index contributed by atoms with van der Waals surface area (Å²) < 4.78 is 5.41. The molecule has 2 aliphatic carbocycles. The van der Waals surface area contributed by atoms with Gasteiger partial charge >= 0.3 is 0 Å². The summed E-state index contributed by atoms with van der Waals surface area (Å²) in [5.41, 5.74) is -0.360. The van der Waals surface area contributed by atoms with Crippen molar-refractivity contribution in [1.29, 1.82) is 0 Å². The third-order valence-corrected chi connectivity index (χ3v) is 3.49. The molecule has 2 saturated carbocycles. The van der Waals surface area contributed by atoms with E-state index in [-0.39, 0.29) is 5.60 Å². The molecule has 12 heavy (non-hydrogen) atoms. The Morgan fingerprint density at radius 3 is 3.00 bits per heavy atom. The SMILES string of the molecule is COC12CCCC(CCC1=O)C2. The molecular formula is C10H16O2. The van der Waals surface area contributed by atoms with Crippen molar-refractivity contribution in [3.05, 3.63) is 0 Å². The van der Waals surface area contributed by atoms with Crippen LogP contribution in [-0.2, 0) is 9.53 Å². The molecule has 2 nitrogen and oxygen atoms in total. The quantitative estimate of drug-likeness (QED) is 0.598. The lowest BCUT2D eigenvalue weighted by Gasteiger charge is -2.42. The average Bonchev–Trinajstić information content (AvgIpc) is 2.13. The summed E-state index contributed by atoms with van der Waals surface area (Å²) >= 11 is 0. The summed E-state index contributed by atoms with van der Waals surface area (Å²) in [5, 5.41) is 0. The van der Waals surface area contributed by atoms with Gasteiger partial charge in [-0.3, -0.25) is 4.79 Å². The smallest absolute Gasteiger partial charge is 0.164 e. The highest BCUT2D eigenvalue weighted by molar-refractivity contribution is 5.88. The number of hydrogen-bond donors (Lipinski definition) is 0. The minimum atomic E-state index is -0.360. The van der Waals surface area contributed by atoms with Gasteiger partial charge in [-0.2, -0.15) is 0 Å². The first-order valence-electron chi connectivity index (χ1n) is 4.85. The van der Waals surface area contributed by atoms with Gasteiger partial charge in [0.2, 0.25) is 0 Å². The van der Waals surface area contributed by atoms with Crippen LogP contribution in [0.3, 0.4) is 0 Å². The van der Waals surface area contributed by atoms with Crippen molar-refractivity contribution in [3.8, 4) is 0 Å². The molecule has 2 bridgehead atoms. The Hall–Kier alpha value is -0.370. The van der Waals surface area contributed by atoms with E-state index >= 15 is 0 Å². The first-order chi connectivity index (χ1) is 5.77. The van der Waals surface area contributed by atoms with Crippen molar-refractivity contribution in [2.75, 3.05) is 7.11 Å². The monoisotopic (exact) mass is 168 g/mol. The lowest BCUT2D eigenvalue weighted by Crippen LogP contribution is -2.48. The Bertz CT molecular complexity index is 200. The zero-order valence-electron chi connectivity index (χ0n) is 7.64. The Labute approximate surface area is 73.3 Å². The van der Waals surface area contributed by atoms with Gasteiger partial charge in [-0.1, -0.05) is 6.42 Å². The Morgan fingerprint density at radius 1 is 1.50 bits per heavy atom. The van der Waals surface area contributed by atoms with Crippen molar-refractivity contribution in [2.45, 2.75) is 44.1 Å². The lowest BCUT2D eigenvalue weighted by atomic mass is 9.68. The molecule has 0 aromatic heterocycles. The number of ketones is 1. The van der Waals surface area contributed by atoms with Crippen LogP contribution in [0.1, 0.15) is 38.5 Å². The predicted molar refractivity (Wildman–Crippen MR) is 45.9 cm³/mol. The number of fused-ring (bicyclic) bond motifs is 2. The van der Waals surface area contributed by atoms with Crippen molar-refractivity contribution < 1.29 is 9.53 Å². The van der Waals surface area contributed by atoms with E-state index in [1.54, 1.807) is 7.11 Å². The largest absolute Gasteiger partial charge is 0.370 e. The summed E-state index contributed by atoms with van der Waals surface area (Å²) in [6.45, 7) is 0. The standard InChI is InChI=1S/C10H16O2/c1-12-10-6-2-3-8(7-10)4-5-9(10)11/h8H,2-7H2,1H3. The first kappa shape index (κ1) is 8.24. The summed E-state index contributed by atoms with van der Waals surface area (Å²) in [6, 6.07) is 0. The van der Waals surface area contributed by atoms with Crippen LogP contribution in [0.2, 0.25) is 0 Å². The molecular weight excluding hydrogens is 152 g/mol. The molecule has 2 aliphatic rings. The Balaban J connectivity index is 2.20. The fourth-order valence-corrected chi connectivity index (χ4v) is 2.71. The summed E-state index contributed by atoms with van der Waals surface area (Å²) in [7, 11) is 1.69. The van der Waals surface area contributed by atoms with Crippen LogP contribution < -0.4 is 0 Å². The topological polar surface area (TPSA) is 26.3 Å². The Morgan fingerprint density at radius 2 is 2.33 bits per heavy atom. The molecule has 0 saturated heterocycles. The fraction of sp³-hybridized carbons (Fsp3) is 0.900. The third kappa shape index (κ3) is 1.09. The number of hydrogen-bond acceptors (Lipinski definition) is 2. The van der Waals surface area contributed by atoms with Crippen LogP contribution >= 0.6 is 0 Å². The number of rotatable bonds is 1. The van der Waals surface area contributed by atoms with Gasteiger partial charge in [0.1, 0.15) is 5.60 Å². The molecule has 0 aromatic rings. The molecule has 0 N–H and O–H groups in total. The van der Waals surface area contributed by atoms with Gasteiger partial charge in [0.05, 0.1) is 0 Å². The van der Waals surface area contributed by atoms with Gasteiger partial charge < -0.3 is 4.74 Å². The summed E-state index contributed by atoms with van der Waals surface area (Å²) in [6.07, 6.45) is 6.27. The van der Waals surface area contributed by atoms with E-state index in [0.29, 0.717) is 5.78 Å². The first-order valence-corrected chi connectivity index (χ1v) is 4.85. The molecule has 0 spiro atoms. The van der Waals surface area contributed by atoms with Crippen LogP contribution in [0.15, 0.2) is 0 Å². The summed E-state index contributed by atoms with van der Waals surface area (Å²) in [5.74, 6) is 1.11. The maximum absolute atomic E-state index is 11.6. The van der Waals surface area contributed by atoms with E-state index in [0.717, 1.165) is 31.6 Å². The van der Waals surface area contributed by atoms with Crippen LogP contribution in [-0.4, -0.2) is 18.5 Å². The second-order valence-corrected chi connectivity index (χ2v) is 4.12. The number of Topliss-reactive ketones (excluding diaryl/α,β-unsaturated/α-hetero) is 1. The van der Waals surface area contributed by atoms with E-state index in [9.17, 15) is 4.79 Å². The molecule has 68 valence electrons. The zero-order valence-corrected chi connectivity index (χ0v) is 7.64. The van der Waals surface area contributed by atoms with Crippen LogP contribution in [0.4, 0.5) is 0 Å². The molecule has 0 amide bonds. The Kier molecular flexibility index (Phi) is 1.95. The average molecular weight is 168 g/mol. The van der Waals surface area contributed by atoms with Crippen LogP contribution in [0, 0.1) is 5.92 Å². The normalized spacial score (nSPS) is 41.4. The third-order valence-electron chi connectivity index (χ3n) is 3.49. The van der Waals surface area contributed by atoms with Crippen LogP contribution in [0.5, 0.6) is 0 Å². The molecule has 2 unspecified atom stereocenters. The predicted octanol–water partition coefficient (Wildman–Crippen LogP) is 1.92. The number of ether oxygens (including phenoxy) is 1. The molecule has 2 atom stereocenters. The van der Waals surface area contributed by atoms with Gasteiger partial charge in [0.15, 0.2) is 5.78 Å². The molecule has 0 aliphatic heterocycles. The van der Waals surface area contributed by atoms with E-state index in [1.165, 1.54) is 12.8 Å². The molecule has 2 fully saturated rings.